The van der Waals surface area contributed by atoms with E-state index in [1.165, 1.54) is 5.69 Å². The fraction of sp³-hybridized carbons (Fsp3) is 0.484. The minimum Gasteiger partial charge on any atom is -0.493 e. The number of hydrogen-bond acceptors (Lipinski definition) is 11. The number of fused-ring (bicyclic) bond motifs is 1. The summed E-state index contributed by atoms with van der Waals surface area (Å²) in [5.41, 5.74) is 3.04. The normalized spacial score (nSPS) is 15.8. The first kappa shape index (κ1) is 32.7. The second-order valence-electron chi connectivity index (χ2n) is 10.6. The highest BCUT2D eigenvalue weighted by Gasteiger charge is 2.17. The number of aromatic nitrogens is 2. The lowest BCUT2D eigenvalue weighted by atomic mass is 10.1. The van der Waals surface area contributed by atoms with Crippen LogP contribution in [0.5, 0.6) is 11.5 Å². The molecule has 3 aromatic rings. The summed E-state index contributed by atoms with van der Waals surface area (Å²) in [5.74, 6) is 0.647. The average molecular weight is 611 g/mol. The van der Waals surface area contributed by atoms with Crippen molar-refractivity contribution in [2.75, 3.05) is 97.1 Å². The Kier molecular flexibility index (Phi) is 11.9. The molecule has 0 bridgehead atoms. The molecule has 0 aliphatic carbocycles. The highest BCUT2D eigenvalue weighted by atomic mass is 16.5. The number of aliphatic carboxylic acids is 2. The molecule has 0 radical (unpaired) electrons. The zero-order valence-electron chi connectivity index (χ0n) is 25.6. The van der Waals surface area contributed by atoms with Gasteiger partial charge in [0.25, 0.3) is 0 Å². The number of carboxylic acid groups (broad SMARTS) is 2. The Balaban J connectivity index is 0.000000488. The van der Waals surface area contributed by atoms with Crippen molar-refractivity contribution in [3.05, 3.63) is 36.4 Å². The molecule has 0 amide bonds. The van der Waals surface area contributed by atoms with Gasteiger partial charge in [-0.25, -0.2) is 9.97 Å². The molecule has 2 saturated heterocycles. The molecular formula is C31H42N6O7. The summed E-state index contributed by atoms with van der Waals surface area (Å²) in [7, 11) is 5.46. The smallest absolute Gasteiger partial charge is 0.303 e. The van der Waals surface area contributed by atoms with Gasteiger partial charge in [0.1, 0.15) is 5.82 Å². The second-order valence-corrected chi connectivity index (χ2v) is 10.6. The minimum atomic E-state index is -1.08. The van der Waals surface area contributed by atoms with Crippen molar-refractivity contribution >= 4 is 34.3 Å². The summed E-state index contributed by atoms with van der Waals surface area (Å²) in [6, 6.07) is 12.5. The van der Waals surface area contributed by atoms with Gasteiger partial charge in [0, 0.05) is 75.1 Å². The van der Waals surface area contributed by atoms with Crippen molar-refractivity contribution in [3.63, 3.8) is 0 Å². The lowest BCUT2D eigenvalue weighted by molar-refractivity contribution is -0.143. The Morgan fingerprint density at radius 3 is 2.09 bits per heavy atom. The number of rotatable bonds is 11. The van der Waals surface area contributed by atoms with Gasteiger partial charge in [-0.05, 0) is 37.4 Å². The molecule has 238 valence electrons. The average Bonchev–Trinajstić information content (AvgIpc) is 3.04. The second kappa shape index (κ2) is 16.0. The first-order chi connectivity index (χ1) is 21.3. The summed E-state index contributed by atoms with van der Waals surface area (Å²) >= 11 is 0. The number of piperazine rings is 1. The molecule has 2 aliphatic heterocycles. The molecular weight excluding hydrogens is 568 g/mol. The molecule has 3 heterocycles. The first-order valence-corrected chi connectivity index (χ1v) is 14.7. The van der Waals surface area contributed by atoms with Gasteiger partial charge >= 0.3 is 11.9 Å². The fourth-order valence-electron chi connectivity index (χ4n) is 4.98. The van der Waals surface area contributed by atoms with Crippen LogP contribution in [0.2, 0.25) is 0 Å². The number of nitrogens with zero attached hydrogens (tertiary/aromatic N) is 5. The highest BCUT2D eigenvalue weighted by Crippen LogP contribution is 2.35. The molecule has 0 unspecified atom stereocenters. The molecule has 13 heteroatoms. The van der Waals surface area contributed by atoms with Gasteiger partial charge in [0.15, 0.2) is 17.3 Å². The molecule has 5 rings (SSSR count). The van der Waals surface area contributed by atoms with Crippen molar-refractivity contribution in [1.29, 1.82) is 0 Å². The molecule has 13 nitrogen and oxygen atoms in total. The summed E-state index contributed by atoms with van der Waals surface area (Å²) < 4.78 is 16.6. The number of morpholine rings is 1. The van der Waals surface area contributed by atoms with E-state index < -0.39 is 11.9 Å². The topological polar surface area (TPSA) is 150 Å². The molecule has 1 aromatic heterocycles. The number of anilines is 2. The van der Waals surface area contributed by atoms with Gasteiger partial charge in [-0.2, -0.15) is 0 Å². The number of methoxy groups -OCH3 is 2. The molecule has 2 fully saturated rings. The van der Waals surface area contributed by atoms with Crippen LogP contribution in [0.3, 0.4) is 0 Å². The van der Waals surface area contributed by atoms with E-state index in [2.05, 4.69) is 51.3 Å². The van der Waals surface area contributed by atoms with Crippen LogP contribution in [-0.2, 0) is 14.3 Å². The summed E-state index contributed by atoms with van der Waals surface area (Å²) in [6.45, 7) is 9.47. The third kappa shape index (κ3) is 9.15. The van der Waals surface area contributed by atoms with Gasteiger partial charge < -0.3 is 39.5 Å². The Labute approximate surface area is 257 Å². The SMILES string of the molecule is COc1cc2nc(-c3ccc(N4CCN(C)CC4)cc3)nc(NCCN3CCOCC3)c2cc1OC.O=C(O)CCC(=O)O. The van der Waals surface area contributed by atoms with Crippen molar-refractivity contribution in [2.24, 2.45) is 0 Å². The van der Waals surface area contributed by atoms with E-state index in [1.54, 1.807) is 14.2 Å². The van der Waals surface area contributed by atoms with Crippen LogP contribution in [0.15, 0.2) is 36.4 Å². The predicted octanol–water partition coefficient (Wildman–Crippen LogP) is 2.75. The lowest BCUT2D eigenvalue weighted by Gasteiger charge is -2.34. The standard InChI is InChI=1S/C27H36N6O3.C4H6O4/c1-31-10-12-33(13-11-31)21-6-4-20(5-7-21)26-29-23-19-25(35-3)24(34-2)18-22(23)27(30-26)28-8-9-32-14-16-36-17-15-32;5-3(6)1-2-4(7)8/h4-7,18-19H,8-17H2,1-3H3,(H,28,29,30);1-2H2,(H,5,6)(H,7,8). The van der Waals surface area contributed by atoms with Crippen LogP contribution in [-0.4, -0.2) is 129 Å². The maximum Gasteiger partial charge on any atom is 0.303 e. The van der Waals surface area contributed by atoms with Crippen molar-refractivity contribution in [2.45, 2.75) is 12.8 Å². The maximum absolute atomic E-state index is 9.64. The predicted molar refractivity (Wildman–Crippen MR) is 168 cm³/mol. The number of hydrogen-bond donors (Lipinski definition) is 3. The Bertz CT molecular complexity index is 1380. The first-order valence-electron chi connectivity index (χ1n) is 14.7. The largest absolute Gasteiger partial charge is 0.493 e. The zero-order valence-corrected chi connectivity index (χ0v) is 25.6. The third-order valence-corrected chi connectivity index (χ3v) is 7.57. The number of ether oxygens (including phenoxy) is 3. The number of carboxylic acids is 2. The molecule has 0 atom stereocenters. The van der Waals surface area contributed by atoms with Crippen LogP contribution in [0.25, 0.3) is 22.3 Å². The van der Waals surface area contributed by atoms with Crippen molar-refractivity contribution < 1.29 is 34.0 Å². The molecule has 44 heavy (non-hydrogen) atoms. The Morgan fingerprint density at radius 1 is 0.886 bits per heavy atom. The summed E-state index contributed by atoms with van der Waals surface area (Å²) in [5, 5.41) is 20.3. The highest BCUT2D eigenvalue weighted by molar-refractivity contribution is 5.93. The van der Waals surface area contributed by atoms with Gasteiger partial charge in [-0.15, -0.1) is 0 Å². The van der Waals surface area contributed by atoms with Crippen LogP contribution in [0, 0.1) is 0 Å². The van der Waals surface area contributed by atoms with E-state index >= 15 is 0 Å². The van der Waals surface area contributed by atoms with Crippen molar-refractivity contribution in [3.8, 4) is 22.9 Å². The summed E-state index contributed by atoms with van der Waals surface area (Å²) in [6.07, 6.45) is -0.593. The minimum absolute atomic E-state index is 0.296. The van der Waals surface area contributed by atoms with Crippen LogP contribution >= 0.6 is 0 Å². The fourth-order valence-corrected chi connectivity index (χ4v) is 4.98. The number of benzene rings is 2. The van der Waals surface area contributed by atoms with E-state index in [9.17, 15) is 9.59 Å². The van der Waals surface area contributed by atoms with E-state index in [0.717, 1.165) is 87.9 Å². The molecule has 0 saturated carbocycles. The monoisotopic (exact) mass is 610 g/mol. The maximum atomic E-state index is 9.64. The molecule has 2 aliphatic rings. The van der Waals surface area contributed by atoms with Gasteiger partial charge in [-0.3, -0.25) is 14.5 Å². The number of likely N-dealkylation sites (N-methyl/N-ethyl adjacent to an activating group) is 1. The molecule has 2 aromatic carbocycles. The Morgan fingerprint density at radius 2 is 1.50 bits per heavy atom. The summed E-state index contributed by atoms with van der Waals surface area (Å²) in [4.78, 5) is 36.3. The third-order valence-electron chi connectivity index (χ3n) is 7.57. The van der Waals surface area contributed by atoms with Gasteiger partial charge in [-0.1, -0.05) is 0 Å². The van der Waals surface area contributed by atoms with E-state index in [4.69, 9.17) is 34.4 Å². The van der Waals surface area contributed by atoms with Crippen LogP contribution < -0.4 is 19.7 Å². The zero-order chi connectivity index (χ0) is 31.5. The van der Waals surface area contributed by atoms with E-state index in [-0.39, 0.29) is 12.8 Å². The lowest BCUT2D eigenvalue weighted by Crippen LogP contribution is -2.44. The van der Waals surface area contributed by atoms with Crippen LogP contribution in [0.1, 0.15) is 12.8 Å². The number of nitrogens with one attached hydrogen (secondary N) is 1. The van der Waals surface area contributed by atoms with E-state index in [1.807, 2.05) is 12.1 Å². The quantitative estimate of drug-likeness (QED) is 0.292. The number of carbonyl (C=O) groups is 2. The van der Waals surface area contributed by atoms with Gasteiger partial charge in [0.2, 0.25) is 0 Å². The molecule has 3 N–H and O–H groups in total. The molecule has 0 spiro atoms. The van der Waals surface area contributed by atoms with Gasteiger partial charge in [0.05, 0.1) is 45.8 Å². The van der Waals surface area contributed by atoms with Crippen LogP contribution in [0.4, 0.5) is 11.5 Å². The van der Waals surface area contributed by atoms with E-state index in [0.29, 0.717) is 17.3 Å². The Hall–Kier alpha value is -4.20. The van der Waals surface area contributed by atoms with Crippen molar-refractivity contribution in [1.82, 2.24) is 19.8 Å².